The molecule has 0 heterocycles. The Morgan fingerprint density at radius 3 is 2.61 bits per heavy atom. The van der Waals surface area contributed by atoms with E-state index in [2.05, 4.69) is 26.0 Å². The Morgan fingerprint density at radius 1 is 1.18 bits per heavy atom. The number of rotatable bonds is 8. The van der Waals surface area contributed by atoms with Crippen LogP contribution in [0.4, 0.5) is 14.5 Å². The van der Waals surface area contributed by atoms with Crippen LogP contribution in [-0.2, 0) is 14.3 Å². The number of hydrogen-bond acceptors (Lipinski definition) is 5. The molecule has 0 saturated heterocycles. The minimum Gasteiger partial charge on any atom is -0.493 e. The number of esters is 1. The fourth-order valence-electron chi connectivity index (χ4n) is 2.08. The van der Waals surface area contributed by atoms with Gasteiger partial charge in [-0.25, -0.2) is 4.79 Å². The standard InChI is InChI=1S/C19H16BrF2NO5/c1-26-16-10-12(6-8-15(16)28-19(21)22)7-9-18(25)27-11-17(24)23-14-5-3-2-4-13(14)20/h2-10,19H,11H2,1H3,(H,23,24)/b9-7+. The highest BCUT2D eigenvalue weighted by molar-refractivity contribution is 9.10. The molecule has 1 amide bonds. The van der Waals surface area contributed by atoms with Gasteiger partial charge in [0.05, 0.1) is 12.8 Å². The number of benzene rings is 2. The maximum absolute atomic E-state index is 12.3. The molecule has 0 aliphatic carbocycles. The average molecular weight is 456 g/mol. The molecule has 0 radical (unpaired) electrons. The second-order valence-corrected chi connectivity index (χ2v) is 6.11. The number of hydrogen-bond donors (Lipinski definition) is 1. The van der Waals surface area contributed by atoms with E-state index >= 15 is 0 Å². The van der Waals surface area contributed by atoms with Crippen molar-refractivity contribution in [2.45, 2.75) is 6.61 Å². The molecule has 0 bridgehead atoms. The summed E-state index contributed by atoms with van der Waals surface area (Å²) in [5.74, 6) is -1.28. The van der Waals surface area contributed by atoms with Crippen molar-refractivity contribution >= 4 is 39.6 Å². The highest BCUT2D eigenvalue weighted by Crippen LogP contribution is 2.29. The Balaban J connectivity index is 1.89. The SMILES string of the molecule is COc1cc(/C=C/C(=O)OCC(=O)Nc2ccccc2Br)ccc1OC(F)F. The molecule has 9 heteroatoms. The van der Waals surface area contributed by atoms with Crippen LogP contribution in [0, 0.1) is 0 Å². The summed E-state index contributed by atoms with van der Waals surface area (Å²) in [7, 11) is 1.30. The molecule has 2 aromatic carbocycles. The van der Waals surface area contributed by atoms with Crippen LogP contribution in [-0.4, -0.2) is 32.2 Å². The van der Waals surface area contributed by atoms with Crippen LogP contribution in [0.2, 0.25) is 0 Å². The fraction of sp³-hybridized carbons (Fsp3) is 0.158. The lowest BCUT2D eigenvalue weighted by molar-refractivity contribution is -0.142. The molecule has 28 heavy (non-hydrogen) atoms. The summed E-state index contributed by atoms with van der Waals surface area (Å²) in [6.45, 7) is -3.44. The van der Waals surface area contributed by atoms with Crippen molar-refractivity contribution in [1.82, 2.24) is 0 Å². The minimum atomic E-state index is -2.98. The van der Waals surface area contributed by atoms with Crippen LogP contribution in [0.25, 0.3) is 6.08 Å². The van der Waals surface area contributed by atoms with Crippen LogP contribution in [0.5, 0.6) is 11.5 Å². The number of carbonyl (C=O) groups excluding carboxylic acids is 2. The number of amides is 1. The number of nitrogens with one attached hydrogen (secondary N) is 1. The van der Waals surface area contributed by atoms with Gasteiger partial charge in [0.2, 0.25) is 0 Å². The molecule has 2 rings (SSSR count). The van der Waals surface area contributed by atoms with E-state index in [0.717, 1.165) is 6.08 Å². The van der Waals surface area contributed by atoms with Gasteiger partial charge in [0.15, 0.2) is 18.1 Å². The van der Waals surface area contributed by atoms with Crippen molar-refractivity contribution in [2.24, 2.45) is 0 Å². The van der Waals surface area contributed by atoms with Crippen molar-refractivity contribution in [3.8, 4) is 11.5 Å². The van der Waals surface area contributed by atoms with E-state index in [9.17, 15) is 18.4 Å². The fourth-order valence-corrected chi connectivity index (χ4v) is 2.46. The maximum atomic E-state index is 12.3. The van der Waals surface area contributed by atoms with Gasteiger partial charge in [0.25, 0.3) is 5.91 Å². The molecular formula is C19H16BrF2NO5. The highest BCUT2D eigenvalue weighted by Gasteiger charge is 2.11. The molecule has 0 fully saturated rings. The van der Waals surface area contributed by atoms with E-state index in [4.69, 9.17) is 9.47 Å². The minimum absolute atomic E-state index is 0.0867. The number of halogens is 3. The number of methoxy groups -OCH3 is 1. The normalized spacial score (nSPS) is 10.8. The van der Waals surface area contributed by atoms with E-state index < -0.39 is 25.1 Å². The smallest absolute Gasteiger partial charge is 0.387 e. The van der Waals surface area contributed by atoms with Crippen molar-refractivity contribution in [1.29, 1.82) is 0 Å². The summed E-state index contributed by atoms with van der Waals surface area (Å²) in [6, 6.07) is 11.2. The molecule has 0 unspecified atom stereocenters. The van der Waals surface area contributed by atoms with Gasteiger partial charge < -0.3 is 19.5 Å². The first kappa shape index (κ1) is 21.4. The van der Waals surface area contributed by atoms with Crippen LogP contribution >= 0.6 is 15.9 Å². The van der Waals surface area contributed by atoms with Gasteiger partial charge >= 0.3 is 12.6 Å². The number of anilines is 1. The van der Waals surface area contributed by atoms with E-state index in [1.54, 1.807) is 24.3 Å². The average Bonchev–Trinajstić information content (AvgIpc) is 2.67. The third-order valence-electron chi connectivity index (χ3n) is 3.31. The second-order valence-electron chi connectivity index (χ2n) is 5.26. The quantitative estimate of drug-likeness (QED) is 0.475. The van der Waals surface area contributed by atoms with Gasteiger partial charge in [-0.3, -0.25) is 4.79 Å². The van der Waals surface area contributed by atoms with Gasteiger partial charge in [0, 0.05) is 10.5 Å². The van der Waals surface area contributed by atoms with Crippen LogP contribution in [0.1, 0.15) is 5.56 Å². The van der Waals surface area contributed by atoms with Gasteiger partial charge in [-0.2, -0.15) is 8.78 Å². The lowest BCUT2D eigenvalue weighted by Crippen LogP contribution is -2.20. The monoisotopic (exact) mass is 455 g/mol. The van der Waals surface area contributed by atoms with Crippen LogP contribution in [0.15, 0.2) is 53.0 Å². The van der Waals surface area contributed by atoms with Gasteiger partial charge in [0.1, 0.15) is 0 Å². The maximum Gasteiger partial charge on any atom is 0.387 e. The summed E-state index contributed by atoms with van der Waals surface area (Å²) in [5, 5.41) is 2.60. The molecule has 0 aromatic heterocycles. The highest BCUT2D eigenvalue weighted by atomic mass is 79.9. The number of para-hydroxylation sites is 1. The molecular weight excluding hydrogens is 440 g/mol. The van der Waals surface area contributed by atoms with Gasteiger partial charge in [-0.05, 0) is 51.8 Å². The molecule has 0 aliphatic heterocycles. The second kappa shape index (κ2) is 10.4. The van der Waals surface area contributed by atoms with Crippen molar-refractivity contribution in [3.63, 3.8) is 0 Å². The van der Waals surface area contributed by atoms with Crippen molar-refractivity contribution < 1.29 is 32.6 Å². The zero-order valence-corrected chi connectivity index (χ0v) is 16.2. The summed E-state index contributed by atoms with van der Waals surface area (Å²) < 4.78 is 39.5. The number of carbonyl (C=O) groups is 2. The first-order valence-corrected chi connectivity index (χ1v) is 8.70. The van der Waals surface area contributed by atoms with E-state index in [0.29, 0.717) is 15.7 Å². The molecule has 0 spiro atoms. The molecule has 0 saturated carbocycles. The van der Waals surface area contributed by atoms with Crippen LogP contribution < -0.4 is 14.8 Å². The zero-order valence-electron chi connectivity index (χ0n) is 14.7. The third kappa shape index (κ3) is 6.66. The van der Waals surface area contributed by atoms with E-state index in [-0.39, 0.29) is 11.5 Å². The lowest BCUT2D eigenvalue weighted by atomic mass is 10.2. The topological polar surface area (TPSA) is 73.9 Å². The largest absolute Gasteiger partial charge is 0.493 e. The first-order chi connectivity index (χ1) is 13.4. The first-order valence-electron chi connectivity index (χ1n) is 7.91. The summed E-state index contributed by atoms with van der Waals surface area (Å²) in [6.07, 6.45) is 2.50. The Hall–Kier alpha value is -2.94. The zero-order chi connectivity index (χ0) is 20.5. The predicted octanol–water partition coefficient (Wildman–Crippen LogP) is 4.25. The Labute approximate surface area is 168 Å². The van der Waals surface area contributed by atoms with E-state index in [1.165, 1.54) is 31.4 Å². The predicted molar refractivity (Wildman–Crippen MR) is 102 cm³/mol. The lowest BCUT2D eigenvalue weighted by Gasteiger charge is -2.10. The Kier molecular flexibility index (Phi) is 7.94. The summed E-state index contributed by atoms with van der Waals surface area (Å²) >= 11 is 3.29. The third-order valence-corrected chi connectivity index (χ3v) is 4.00. The van der Waals surface area contributed by atoms with Crippen LogP contribution in [0.3, 0.4) is 0 Å². The molecule has 1 N–H and O–H groups in total. The molecule has 6 nitrogen and oxygen atoms in total. The Bertz CT molecular complexity index is 873. The van der Waals surface area contributed by atoms with Gasteiger partial charge in [-0.15, -0.1) is 0 Å². The number of alkyl halides is 2. The Morgan fingerprint density at radius 2 is 1.93 bits per heavy atom. The number of ether oxygens (including phenoxy) is 3. The van der Waals surface area contributed by atoms with Gasteiger partial charge in [-0.1, -0.05) is 18.2 Å². The summed E-state index contributed by atoms with van der Waals surface area (Å²) in [5.41, 5.74) is 1.05. The molecule has 0 aliphatic rings. The van der Waals surface area contributed by atoms with Crippen molar-refractivity contribution in [2.75, 3.05) is 19.0 Å². The van der Waals surface area contributed by atoms with E-state index in [1.807, 2.05) is 0 Å². The van der Waals surface area contributed by atoms with Crippen molar-refractivity contribution in [3.05, 3.63) is 58.6 Å². The molecule has 2 aromatic rings. The summed E-state index contributed by atoms with van der Waals surface area (Å²) in [4.78, 5) is 23.6. The molecule has 148 valence electrons. The molecule has 0 atom stereocenters.